The second-order valence-corrected chi connectivity index (χ2v) is 11.3. The number of aromatic nitrogens is 2. The Bertz CT molecular complexity index is 1570. The van der Waals surface area contributed by atoms with Crippen molar-refractivity contribution in [1.82, 2.24) is 18.9 Å². The molecule has 1 saturated heterocycles. The van der Waals surface area contributed by atoms with Gasteiger partial charge in [0.1, 0.15) is 6.54 Å². The zero-order chi connectivity index (χ0) is 28.6. The van der Waals surface area contributed by atoms with E-state index in [0.29, 0.717) is 43.1 Å². The number of nitrogens with one attached hydrogen (secondary N) is 1. The maximum absolute atomic E-state index is 13.3. The number of para-hydroxylation sites is 1. The SMILES string of the molecule is CC(C)n1c(=O)c(-c2ccc(Cl)c(Cl)c2)cn(CC(=O)N2CCC(N3CCc4ccccc4NC3=O)CC2)c1=O. The molecule has 0 saturated carbocycles. The summed E-state index contributed by atoms with van der Waals surface area (Å²) in [4.78, 5) is 56.3. The van der Waals surface area contributed by atoms with Gasteiger partial charge in [0.05, 0.1) is 15.6 Å². The number of hydrogen-bond acceptors (Lipinski definition) is 4. The van der Waals surface area contributed by atoms with Gasteiger partial charge in [0.15, 0.2) is 0 Å². The number of fused-ring (bicyclic) bond motifs is 1. The highest BCUT2D eigenvalue weighted by atomic mass is 35.5. The van der Waals surface area contributed by atoms with Crippen LogP contribution in [0.1, 0.15) is 38.3 Å². The molecule has 0 bridgehead atoms. The molecule has 1 N–H and O–H groups in total. The molecule has 1 fully saturated rings. The lowest BCUT2D eigenvalue weighted by Gasteiger charge is -2.38. The number of likely N-dealkylation sites (tertiary alicyclic amines) is 1. The number of halogens is 2. The molecule has 5 rings (SSSR count). The first-order valence-electron chi connectivity index (χ1n) is 13.4. The van der Waals surface area contributed by atoms with Crippen molar-refractivity contribution < 1.29 is 9.59 Å². The minimum absolute atomic E-state index is 0.0187. The summed E-state index contributed by atoms with van der Waals surface area (Å²) in [5, 5.41) is 3.65. The Hall–Kier alpha value is -3.56. The van der Waals surface area contributed by atoms with Gasteiger partial charge >= 0.3 is 11.7 Å². The number of benzene rings is 2. The van der Waals surface area contributed by atoms with E-state index in [1.54, 1.807) is 36.9 Å². The minimum Gasteiger partial charge on any atom is -0.341 e. The number of carbonyl (C=O) groups is 2. The molecule has 0 unspecified atom stereocenters. The topological polar surface area (TPSA) is 96.7 Å². The van der Waals surface area contributed by atoms with Gasteiger partial charge in [-0.15, -0.1) is 0 Å². The lowest BCUT2D eigenvalue weighted by atomic mass is 10.0. The van der Waals surface area contributed by atoms with Gasteiger partial charge in [0, 0.05) is 43.6 Å². The first-order valence-corrected chi connectivity index (χ1v) is 14.1. The third-order valence-electron chi connectivity index (χ3n) is 7.64. The third-order valence-corrected chi connectivity index (χ3v) is 8.38. The molecule has 3 aromatic rings. The lowest BCUT2D eigenvalue weighted by molar-refractivity contribution is -0.133. The summed E-state index contributed by atoms with van der Waals surface area (Å²) in [7, 11) is 0. The molecular formula is C29H31Cl2N5O4. The molecular weight excluding hydrogens is 553 g/mol. The zero-order valence-corrected chi connectivity index (χ0v) is 23.9. The van der Waals surface area contributed by atoms with Crippen LogP contribution in [0.2, 0.25) is 10.0 Å². The van der Waals surface area contributed by atoms with Gasteiger partial charge in [-0.05, 0) is 62.4 Å². The van der Waals surface area contributed by atoms with Gasteiger partial charge in [-0.3, -0.25) is 18.7 Å². The molecule has 40 heavy (non-hydrogen) atoms. The molecule has 3 amide bonds. The van der Waals surface area contributed by atoms with Crippen molar-refractivity contribution in [2.75, 3.05) is 25.0 Å². The summed E-state index contributed by atoms with van der Waals surface area (Å²) in [6.45, 7) is 4.85. The van der Waals surface area contributed by atoms with Crippen LogP contribution in [-0.4, -0.2) is 56.5 Å². The second kappa shape index (κ2) is 11.5. The van der Waals surface area contributed by atoms with Crippen molar-refractivity contribution in [2.24, 2.45) is 0 Å². The van der Waals surface area contributed by atoms with E-state index < -0.39 is 17.3 Å². The van der Waals surface area contributed by atoms with Crippen molar-refractivity contribution in [2.45, 2.75) is 51.7 Å². The van der Waals surface area contributed by atoms with Crippen LogP contribution in [0.4, 0.5) is 10.5 Å². The normalized spacial score (nSPS) is 16.1. The standard InChI is InChI=1S/C29H31Cl2N5O4/c1-18(2)36-27(38)22(20-7-8-23(30)24(31)15-20)16-34(29(36)40)17-26(37)33-12-10-21(11-13-33)35-14-9-19-5-3-4-6-25(19)32-28(35)39/h3-8,15-16,18,21H,9-14,17H2,1-2H3,(H,32,39). The molecule has 11 heteroatoms. The number of carbonyl (C=O) groups excluding carboxylic acids is 2. The van der Waals surface area contributed by atoms with Crippen LogP contribution in [-0.2, 0) is 17.8 Å². The van der Waals surface area contributed by atoms with E-state index in [0.717, 1.165) is 22.2 Å². The lowest BCUT2D eigenvalue weighted by Crippen LogP contribution is -2.51. The Morgan fingerprint density at radius 3 is 2.42 bits per heavy atom. The average Bonchev–Trinajstić information content (AvgIpc) is 3.10. The van der Waals surface area contributed by atoms with Gasteiger partial charge in [-0.25, -0.2) is 9.59 Å². The fourth-order valence-electron chi connectivity index (χ4n) is 5.46. The van der Waals surface area contributed by atoms with Crippen LogP contribution in [0, 0.1) is 0 Å². The second-order valence-electron chi connectivity index (χ2n) is 10.5. The quantitative estimate of drug-likeness (QED) is 0.473. The molecule has 210 valence electrons. The monoisotopic (exact) mass is 583 g/mol. The number of rotatable bonds is 5. The smallest absolute Gasteiger partial charge is 0.331 e. The highest BCUT2D eigenvalue weighted by Crippen LogP contribution is 2.27. The van der Waals surface area contributed by atoms with Crippen molar-refractivity contribution in [1.29, 1.82) is 0 Å². The summed E-state index contributed by atoms with van der Waals surface area (Å²) < 4.78 is 2.43. The Labute approximate surface area is 241 Å². The molecule has 1 aromatic heterocycles. The predicted octanol–water partition coefficient (Wildman–Crippen LogP) is 4.65. The number of anilines is 1. The number of urea groups is 1. The molecule has 3 heterocycles. The summed E-state index contributed by atoms with van der Waals surface area (Å²) in [6.07, 6.45) is 3.48. The van der Waals surface area contributed by atoms with Gasteiger partial charge in [-0.1, -0.05) is 47.5 Å². The number of amides is 3. The first-order chi connectivity index (χ1) is 19.1. The van der Waals surface area contributed by atoms with Gasteiger partial charge < -0.3 is 15.1 Å². The Balaban J connectivity index is 1.31. The highest BCUT2D eigenvalue weighted by Gasteiger charge is 2.31. The van der Waals surface area contributed by atoms with E-state index in [9.17, 15) is 19.2 Å². The summed E-state index contributed by atoms with van der Waals surface area (Å²) in [6, 6.07) is 12.1. The Morgan fingerprint density at radius 1 is 1.00 bits per heavy atom. The van der Waals surface area contributed by atoms with Crippen LogP contribution in [0.15, 0.2) is 58.3 Å². The number of hydrogen-bond donors (Lipinski definition) is 1. The fourth-order valence-corrected chi connectivity index (χ4v) is 5.76. The van der Waals surface area contributed by atoms with Crippen LogP contribution >= 0.6 is 23.2 Å². The highest BCUT2D eigenvalue weighted by molar-refractivity contribution is 6.42. The molecule has 2 aliphatic heterocycles. The third kappa shape index (κ3) is 5.53. The van der Waals surface area contributed by atoms with Crippen LogP contribution in [0.5, 0.6) is 0 Å². The van der Waals surface area contributed by atoms with Crippen molar-refractivity contribution >= 4 is 40.8 Å². The number of piperidine rings is 1. The van der Waals surface area contributed by atoms with Crippen LogP contribution in [0.25, 0.3) is 11.1 Å². The largest absolute Gasteiger partial charge is 0.341 e. The molecule has 2 aliphatic rings. The van der Waals surface area contributed by atoms with E-state index in [1.807, 2.05) is 29.2 Å². The minimum atomic E-state index is -0.548. The maximum Gasteiger partial charge on any atom is 0.331 e. The molecule has 0 radical (unpaired) electrons. The van der Waals surface area contributed by atoms with Gasteiger partial charge in [0.2, 0.25) is 5.91 Å². The van der Waals surface area contributed by atoms with Crippen molar-refractivity contribution in [3.8, 4) is 11.1 Å². The van der Waals surface area contributed by atoms with E-state index >= 15 is 0 Å². The zero-order valence-electron chi connectivity index (χ0n) is 22.4. The molecule has 9 nitrogen and oxygen atoms in total. The summed E-state index contributed by atoms with van der Waals surface area (Å²) in [5.41, 5.74) is 1.71. The summed E-state index contributed by atoms with van der Waals surface area (Å²) in [5.74, 6) is -0.220. The van der Waals surface area contributed by atoms with E-state index in [1.165, 1.54) is 10.8 Å². The van der Waals surface area contributed by atoms with E-state index in [-0.39, 0.29) is 35.1 Å². The molecule has 0 atom stereocenters. The van der Waals surface area contributed by atoms with Gasteiger partial charge in [0.25, 0.3) is 5.56 Å². The maximum atomic E-state index is 13.3. The van der Waals surface area contributed by atoms with Crippen LogP contribution < -0.4 is 16.6 Å². The number of nitrogens with zero attached hydrogens (tertiary/aromatic N) is 4. The molecule has 2 aromatic carbocycles. The summed E-state index contributed by atoms with van der Waals surface area (Å²) >= 11 is 12.2. The Morgan fingerprint density at radius 2 is 1.73 bits per heavy atom. The van der Waals surface area contributed by atoms with E-state index in [2.05, 4.69) is 5.32 Å². The average molecular weight is 585 g/mol. The van der Waals surface area contributed by atoms with Crippen molar-refractivity contribution in [3.63, 3.8) is 0 Å². The fraction of sp³-hybridized carbons (Fsp3) is 0.379. The van der Waals surface area contributed by atoms with E-state index in [4.69, 9.17) is 23.2 Å². The Kier molecular flexibility index (Phi) is 8.05. The van der Waals surface area contributed by atoms with Crippen LogP contribution in [0.3, 0.4) is 0 Å². The first kappa shape index (κ1) is 28.0. The molecule has 0 spiro atoms. The predicted molar refractivity (Wildman–Crippen MR) is 156 cm³/mol. The van der Waals surface area contributed by atoms with Gasteiger partial charge in [-0.2, -0.15) is 0 Å². The molecule has 0 aliphatic carbocycles. The van der Waals surface area contributed by atoms with Crippen molar-refractivity contribution in [3.05, 3.63) is 85.1 Å².